The lowest BCUT2D eigenvalue weighted by Crippen LogP contribution is -2.41. The summed E-state index contributed by atoms with van der Waals surface area (Å²) in [6.07, 6.45) is 0.198. The highest BCUT2D eigenvalue weighted by Gasteiger charge is 2.23. The van der Waals surface area contributed by atoms with Gasteiger partial charge >= 0.3 is 0 Å². The van der Waals surface area contributed by atoms with Crippen LogP contribution in [0.2, 0.25) is 0 Å². The Morgan fingerprint density at radius 2 is 1.88 bits per heavy atom. The van der Waals surface area contributed by atoms with Crippen LogP contribution in [0.3, 0.4) is 0 Å². The molecule has 0 fully saturated rings. The molecule has 1 unspecified atom stereocenters. The molecule has 0 aliphatic heterocycles. The molecular formula is C10H23N3O3S. The maximum Gasteiger partial charge on any atom is 0.221 e. The van der Waals surface area contributed by atoms with Crippen molar-refractivity contribution in [3.8, 4) is 0 Å². The third kappa shape index (κ3) is 7.30. The summed E-state index contributed by atoms with van der Waals surface area (Å²) in [6, 6.07) is -0.247. The van der Waals surface area contributed by atoms with Crippen molar-refractivity contribution < 1.29 is 13.2 Å². The van der Waals surface area contributed by atoms with Crippen molar-refractivity contribution in [3.63, 3.8) is 0 Å². The van der Waals surface area contributed by atoms with E-state index in [0.717, 1.165) is 0 Å². The predicted molar refractivity (Wildman–Crippen MR) is 67.9 cm³/mol. The Labute approximate surface area is 103 Å². The van der Waals surface area contributed by atoms with Crippen molar-refractivity contribution in [1.82, 2.24) is 10.0 Å². The summed E-state index contributed by atoms with van der Waals surface area (Å²) in [4.78, 5) is 11.5. The van der Waals surface area contributed by atoms with Crippen molar-refractivity contribution in [1.29, 1.82) is 0 Å². The molecule has 0 heterocycles. The van der Waals surface area contributed by atoms with Gasteiger partial charge in [0.2, 0.25) is 15.9 Å². The van der Waals surface area contributed by atoms with Gasteiger partial charge in [-0.2, -0.15) is 0 Å². The summed E-state index contributed by atoms with van der Waals surface area (Å²) in [5.41, 5.74) is 5.70. The quantitative estimate of drug-likeness (QED) is 0.598. The van der Waals surface area contributed by atoms with Crippen molar-refractivity contribution in [2.24, 2.45) is 11.1 Å². The van der Waals surface area contributed by atoms with Crippen LogP contribution >= 0.6 is 0 Å². The molecule has 0 radical (unpaired) electrons. The second-order valence-corrected chi connectivity index (χ2v) is 7.10. The normalized spacial score (nSPS) is 14.4. The molecule has 0 aliphatic rings. The van der Waals surface area contributed by atoms with Crippen LogP contribution in [0.25, 0.3) is 0 Å². The van der Waals surface area contributed by atoms with Crippen LogP contribution in [0.4, 0.5) is 0 Å². The van der Waals surface area contributed by atoms with E-state index in [-0.39, 0.29) is 36.1 Å². The molecule has 4 N–H and O–H groups in total. The fraction of sp³-hybridized carbons (Fsp3) is 0.900. The maximum absolute atomic E-state index is 11.5. The zero-order valence-corrected chi connectivity index (χ0v) is 11.7. The molecule has 0 saturated carbocycles. The molecule has 1 atom stereocenters. The number of hydrogen-bond acceptors (Lipinski definition) is 4. The summed E-state index contributed by atoms with van der Waals surface area (Å²) in [6.45, 7) is 5.96. The summed E-state index contributed by atoms with van der Waals surface area (Å²) in [7, 11) is -1.93. The van der Waals surface area contributed by atoms with E-state index in [1.165, 1.54) is 7.05 Å². The van der Waals surface area contributed by atoms with E-state index in [2.05, 4.69) is 10.0 Å². The van der Waals surface area contributed by atoms with Crippen molar-refractivity contribution in [2.45, 2.75) is 33.2 Å². The van der Waals surface area contributed by atoms with Gasteiger partial charge in [0.15, 0.2) is 0 Å². The highest BCUT2D eigenvalue weighted by Crippen LogP contribution is 2.19. The highest BCUT2D eigenvalue weighted by atomic mass is 32.2. The van der Waals surface area contributed by atoms with Crippen LogP contribution in [-0.4, -0.2) is 39.7 Å². The molecule has 0 aromatic heterocycles. The SMILES string of the molecule is CNS(=O)(=O)CCNC(=O)CC(N)C(C)(C)C. The maximum atomic E-state index is 11.5. The molecule has 7 heteroatoms. The first-order valence-electron chi connectivity index (χ1n) is 5.52. The molecule has 0 aromatic carbocycles. The second-order valence-electron chi connectivity index (χ2n) is 5.05. The van der Waals surface area contributed by atoms with Gasteiger partial charge in [-0.15, -0.1) is 0 Å². The van der Waals surface area contributed by atoms with Crippen LogP contribution in [0.1, 0.15) is 27.2 Å². The van der Waals surface area contributed by atoms with Gasteiger partial charge in [-0.05, 0) is 12.5 Å². The number of sulfonamides is 1. The summed E-state index contributed by atoms with van der Waals surface area (Å²) in [5, 5.41) is 2.54. The van der Waals surface area contributed by atoms with Gasteiger partial charge in [0, 0.05) is 19.0 Å². The van der Waals surface area contributed by atoms with Crippen molar-refractivity contribution in [2.75, 3.05) is 19.3 Å². The fourth-order valence-electron chi connectivity index (χ4n) is 1.00. The van der Waals surface area contributed by atoms with E-state index in [1.807, 2.05) is 20.8 Å². The van der Waals surface area contributed by atoms with E-state index >= 15 is 0 Å². The smallest absolute Gasteiger partial charge is 0.221 e. The first-order chi connectivity index (χ1) is 7.58. The van der Waals surface area contributed by atoms with E-state index in [0.29, 0.717) is 0 Å². The minimum absolute atomic E-state index is 0.0961. The molecule has 0 aliphatic carbocycles. The summed E-state index contributed by atoms with van der Waals surface area (Å²) < 4.78 is 24.3. The lowest BCUT2D eigenvalue weighted by molar-refractivity contribution is -0.121. The Morgan fingerprint density at radius 1 is 1.35 bits per heavy atom. The zero-order chi connectivity index (χ0) is 13.7. The largest absolute Gasteiger partial charge is 0.355 e. The van der Waals surface area contributed by atoms with E-state index in [4.69, 9.17) is 5.73 Å². The van der Waals surface area contributed by atoms with Crippen molar-refractivity contribution in [3.05, 3.63) is 0 Å². The van der Waals surface area contributed by atoms with Gasteiger partial charge in [-0.1, -0.05) is 20.8 Å². The van der Waals surface area contributed by atoms with Gasteiger partial charge in [0.05, 0.1) is 5.75 Å². The first kappa shape index (κ1) is 16.3. The van der Waals surface area contributed by atoms with Crippen LogP contribution in [0.5, 0.6) is 0 Å². The molecule has 0 saturated heterocycles. The number of nitrogens with one attached hydrogen (secondary N) is 2. The minimum Gasteiger partial charge on any atom is -0.355 e. The molecule has 17 heavy (non-hydrogen) atoms. The van der Waals surface area contributed by atoms with Gasteiger partial charge in [-0.3, -0.25) is 4.79 Å². The number of hydrogen-bond donors (Lipinski definition) is 3. The lowest BCUT2D eigenvalue weighted by Gasteiger charge is -2.26. The average molecular weight is 265 g/mol. The Morgan fingerprint density at radius 3 is 2.29 bits per heavy atom. The summed E-state index contributed by atoms with van der Waals surface area (Å²) in [5.74, 6) is -0.348. The number of carbonyl (C=O) groups excluding carboxylic acids is 1. The van der Waals surface area contributed by atoms with Crippen LogP contribution in [0.15, 0.2) is 0 Å². The Kier molecular flexibility index (Phi) is 6.08. The standard InChI is InChI=1S/C10H23N3O3S/c1-10(2,3)8(11)7-9(14)13-5-6-17(15,16)12-4/h8,12H,5-7,11H2,1-4H3,(H,13,14). The minimum atomic E-state index is -3.27. The Bertz CT molecular complexity index is 346. The molecule has 0 spiro atoms. The number of nitrogens with two attached hydrogens (primary N) is 1. The third-order valence-corrected chi connectivity index (χ3v) is 3.89. The molecule has 0 rings (SSSR count). The van der Waals surface area contributed by atoms with Gasteiger partial charge in [-0.25, -0.2) is 13.1 Å². The topological polar surface area (TPSA) is 101 Å². The Balaban J connectivity index is 3.98. The molecule has 102 valence electrons. The number of carbonyl (C=O) groups is 1. The van der Waals surface area contributed by atoms with Crippen LogP contribution in [-0.2, 0) is 14.8 Å². The molecular weight excluding hydrogens is 242 g/mol. The van der Waals surface area contributed by atoms with E-state index in [1.54, 1.807) is 0 Å². The molecule has 0 aromatic rings. The monoisotopic (exact) mass is 265 g/mol. The average Bonchev–Trinajstić information content (AvgIpc) is 2.15. The van der Waals surface area contributed by atoms with Crippen LogP contribution in [0, 0.1) is 5.41 Å². The molecule has 0 bridgehead atoms. The van der Waals surface area contributed by atoms with E-state index in [9.17, 15) is 13.2 Å². The van der Waals surface area contributed by atoms with Crippen LogP contribution < -0.4 is 15.8 Å². The zero-order valence-electron chi connectivity index (χ0n) is 10.9. The van der Waals surface area contributed by atoms with E-state index < -0.39 is 10.0 Å². The Hall–Kier alpha value is -0.660. The van der Waals surface area contributed by atoms with Crippen molar-refractivity contribution >= 4 is 15.9 Å². The highest BCUT2D eigenvalue weighted by molar-refractivity contribution is 7.89. The predicted octanol–water partition coefficient (Wildman–Crippen LogP) is -0.585. The number of amides is 1. The van der Waals surface area contributed by atoms with Gasteiger partial charge in [0.1, 0.15) is 0 Å². The first-order valence-corrected chi connectivity index (χ1v) is 7.17. The van der Waals surface area contributed by atoms with Gasteiger partial charge < -0.3 is 11.1 Å². The van der Waals surface area contributed by atoms with Gasteiger partial charge in [0.25, 0.3) is 0 Å². The molecule has 1 amide bonds. The number of rotatable bonds is 6. The summed E-state index contributed by atoms with van der Waals surface area (Å²) >= 11 is 0. The second kappa shape index (κ2) is 6.32. The molecule has 6 nitrogen and oxygen atoms in total. The fourth-order valence-corrected chi connectivity index (χ4v) is 1.58. The third-order valence-electron chi connectivity index (χ3n) is 2.52. The lowest BCUT2D eigenvalue weighted by atomic mass is 9.85.